The maximum absolute atomic E-state index is 11.4. The number of hydrogen-bond acceptors (Lipinski definition) is 3. The SMILES string of the molecule is CCCS(=O)(=O)NCC1CCC(N)CC1. The first-order valence-electron chi connectivity index (χ1n) is 5.76. The first-order valence-corrected chi connectivity index (χ1v) is 7.41. The molecular formula is C10H22N2O2S. The largest absolute Gasteiger partial charge is 0.328 e. The van der Waals surface area contributed by atoms with Crippen molar-refractivity contribution in [3.63, 3.8) is 0 Å². The molecule has 0 bridgehead atoms. The summed E-state index contributed by atoms with van der Waals surface area (Å²) >= 11 is 0. The van der Waals surface area contributed by atoms with Gasteiger partial charge < -0.3 is 5.73 Å². The van der Waals surface area contributed by atoms with E-state index in [1.54, 1.807) is 0 Å². The molecule has 4 nitrogen and oxygen atoms in total. The maximum atomic E-state index is 11.4. The monoisotopic (exact) mass is 234 g/mol. The lowest BCUT2D eigenvalue weighted by Crippen LogP contribution is -2.35. The molecule has 5 heteroatoms. The van der Waals surface area contributed by atoms with E-state index in [0.29, 0.717) is 24.9 Å². The predicted molar refractivity (Wildman–Crippen MR) is 62.0 cm³/mol. The summed E-state index contributed by atoms with van der Waals surface area (Å²) in [7, 11) is -3.03. The molecule has 0 saturated heterocycles. The molecule has 0 aromatic rings. The molecule has 1 saturated carbocycles. The first kappa shape index (κ1) is 12.9. The number of nitrogens with two attached hydrogens (primary N) is 1. The van der Waals surface area contributed by atoms with E-state index in [1.807, 2.05) is 6.92 Å². The van der Waals surface area contributed by atoms with E-state index in [1.165, 1.54) is 0 Å². The molecule has 0 atom stereocenters. The zero-order chi connectivity index (χ0) is 11.3. The van der Waals surface area contributed by atoms with Crippen LogP contribution in [0.1, 0.15) is 39.0 Å². The minimum atomic E-state index is -3.03. The molecular weight excluding hydrogens is 212 g/mol. The molecule has 1 fully saturated rings. The van der Waals surface area contributed by atoms with Gasteiger partial charge in [-0.3, -0.25) is 0 Å². The van der Waals surface area contributed by atoms with Crippen molar-refractivity contribution in [3.8, 4) is 0 Å². The minimum absolute atomic E-state index is 0.235. The standard InChI is InChI=1S/C10H22N2O2S/c1-2-7-15(13,14)12-8-9-3-5-10(11)6-4-9/h9-10,12H,2-8,11H2,1H3. The summed E-state index contributed by atoms with van der Waals surface area (Å²) in [4.78, 5) is 0. The lowest BCUT2D eigenvalue weighted by Gasteiger charge is -2.25. The Labute approximate surface area is 92.7 Å². The fraction of sp³-hybridized carbons (Fsp3) is 1.00. The van der Waals surface area contributed by atoms with E-state index in [-0.39, 0.29) is 5.75 Å². The van der Waals surface area contributed by atoms with E-state index in [2.05, 4.69) is 4.72 Å². The molecule has 0 aliphatic heterocycles. The van der Waals surface area contributed by atoms with E-state index in [4.69, 9.17) is 5.73 Å². The van der Waals surface area contributed by atoms with Gasteiger partial charge in [0.15, 0.2) is 0 Å². The molecule has 0 radical (unpaired) electrons. The van der Waals surface area contributed by atoms with Crippen molar-refractivity contribution in [2.45, 2.75) is 45.1 Å². The molecule has 0 unspecified atom stereocenters. The van der Waals surface area contributed by atoms with Crippen LogP contribution in [0.3, 0.4) is 0 Å². The van der Waals surface area contributed by atoms with Crippen molar-refractivity contribution in [3.05, 3.63) is 0 Å². The fourth-order valence-electron chi connectivity index (χ4n) is 1.98. The maximum Gasteiger partial charge on any atom is 0.211 e. The Kier molecular flexibility index (Phi) is 5.02. The van der Waals surface area contributed by atoms with Gasteiger partial charge in [0.1, 0.15) is 0 Å². The number of nitrogens with one attached hydrogen (secondary N) is 1. The molecule has 0 aromatic heterocycles. The molecule has 90 valence electrons. The van der Waals surface area contributed by atoms with Gasteiger partial charge in [0.25, 0.3) is 0 Å². The molecule has 0 heterocycles. The number of hydrogen-bond donors (Lipinski definition) is 2. The van der Waals surface area contributed by atoms with Crippen molar-refractivity contribution in [2.75, 3.05) is 12.3 Å². The van der Waals surface area contributed by atoms with Crippen molar-refractivity contribution in [2.24, 2.45) is 11.7 Å². The van der Waals surface area contributed by atoms with Crippen LogP contribution in [-0.4, -0.2) is 26.8 Å². The number of rotatable bonds is 5. The quantitative estimate of drug-likeness (QED) is 0.740. The summed E-state index contributed by atoms with van der Waals surface area (Å²) in [5.41, 5.74) is 5.79. The molecule has 0 spiro atoms. The highest BCUT2D eigenvalue weighted by atomic mass is 32.2. The summed E-state index contributed by atoms with van der Waals surface area (Å²) in [5.74, 6) is 0.718. The van der Waals surface area contributed by atoms with Crippen LogP contribution >= 0.6 is 0 Å². The third-order valence-corrected chi connectivity index (χ3v) is 4.51. The molecule has 1 aliphatic carbocycles. The van der Waals surface area contributed by atoms with Crippen LogP contribution in [0.5, 0.6) is 0 Å². The van der Waals surface area contributed by atoms with Crippen LogP contribution in [0, 0.1) is 5.92 Å². The van der Waals surface area contributed by atoms with Gasteiger partial charge in [-0.1, -0.05) is 6.92 Å². The van der Waals surface area contributed by atoms with Crippen LogP contribution in [0.15, 0.2) is 0 Å². The molecule has 15 heavy (non-hydrogen) atoms. The van der Waals surface area contributed by atoms with Gasteiger partial charge in [0.05, 0.1) is 5.75 Å². The second kappa shape index (κ2) is 5.82. The lowest BCUT2D eigenvalue weighted by molar-refractivity contribution is 0.326. The van der Waals surface area contributed by atoms with Gasteiger partial charge >= 0.3 is 0 Å². The number of sulfonamides is 1. The molecule has 0 amide bonds. The predicted octanol–water partition coefficient (Wildman–Crippen LogP) is 0.833. The second-order valence-corrected chi connectivity index (χ2v) is 6.37. The fourth-order valence-corrected chi connectivity index (χ4v) is 3.15. The molecule has 1 aliphatic rings. The topological polar surface area (TPSA) is 72.2 Å². The van der Waals surface area contributed by atoms with Crippen molar-refractivity contribution >= 4 is 10.0 Å². The average Bonchev–Trinajstić information content (AvgIpc) is 2.17. The molecule has 1 rings (SSSR count). The zero-order valence-electron chi connectivity index (χ0n) is 9.41. The zero-order valence-corrected chi connectivity index (χ0v) is 10.2. The smallest absolute Gasteiger partial charge is 0.211 e. The van der Waals surface area contributed by atoms with Gasteiger partial charge in [0, 0.05) is 12.6 Å². The van der Waals surface area contributed by atoms with Crippen LogP contribution in [0.4, 0.5) is 0 Å². The highest BCUT2D eigenvalue weighted by molar-refractivity contribution is 7.89. The summed E-state index contributed by atoms with van der Waals surface area (Å²) < 4.78 is 25.5. The van der Waals surface area contributed by atoms with Crippen LogP contribution < -0.4 is 10.5 Å². The highest BCUT2D eigenvalue weighted by Crippen LogP contribution is 2.22. The Balaban J connectivity index is 2.25. The van der Waals surface area contributed by atoms with E-state index >= 15 is 0 Å². The Morgan fingerprint density at radius 2 is 1.87 bits per heavy atom. The molecule has 0 aromatic carbocycles. The average molecular weight is 234 g/mol. The van der Waals surface area contributed by atoms with E-state index < -0.39 is 10.0 Å². The minimum Gasteiger partial charge on any atom is -0.328 e. The Morgan fingerprint density at radius 3 is 2.40 bits per heavy atom. The summed E-state index contributed by atoms with van der Waals surface area (Å²) in [6.45, 7) is 2.47. The van der Waals surface area contributed by atoms with Gasteiger partial charge in [-0.15, -0.1) is 0 Å². The Bertz CT molecular complexity index is 269. The van der Waals surface area contributed by atoms with Crippen LogP contribution in [0.2, 0.25) is 0 Å². The van der Waals surface area contributed by atoms with E-state index in [9.17, 15) is 8.42 Å². The normalized spacial score (nSPS) is 27.9. The summed E-state index contributed by atoms with van der Waals surface area (Å²) in [6, 6.07) is 0.327. The third-order valence-electron chi connectivity index (χ3n) is 2.96. The van der Waals surface area contributed by atoms with Gasteiger partial charge in [-0.2, -0.15) is 0 Å². The van der Waals surface area contributed by atoms with Crippen molar-refractivity contribution in [1.29, 1.82) is 0 Å². The van der Waals surface area contributed by atoms with Gasteiger partial charge in [-0.25, -0.2) is 13.1 Å². The van der Waals surface area contributed by atoms with Crippen molar-refractivity contribution < 1.29 is 8.42 Å². The summed E-state index contributed by atoms with van der Waals surface area (Å²) in [6.07, 6.45) is 4.83. The lowest BCUT2D eigenvalue weighted by atomic mass is 9.87. The van der Waals surface area contributed by atoms with Gasteiger partial charge in [0.2, 0.25) is 10.0 Å². The highest BCUT2D eigenvalue weighted by Gasteiger charge is 2.20. The third kappa shape index (κ3) is 4.95. The Morgan fingerprint density at radius 1 is 1.27 bits per heavy atom. The van der Waals surface area contributed by atoms with Crippen LogP contribution in [0.25, 0.3) is 0 Å². The Hall–Kier alpha value is -0.130. The van der Waals surface area contributed by atoms with Gasteiger partial charge in [-0.05, 0) is 38.0 Å². The first-order chi connectivity index (χ1) is 7.03. The summed E-state index contributed by atoms with van der Waals surface area (Å²) in [5, 5.41) is 0. The second-order valence-electron chi connectivity index (χ2n) is 4.45. The van der Waals surface area contributed by atoms with Crippen molar-refractivity contribution in [1.82, 2.24) is 4.72 Å². The van der Waals surface area contributed by atoms with Crippen LogP contribution in [-0.2, 0) is 10.0 Å². The van der Waals surface area contributed by atoms with E-state index in [0.717, 1.165) is 25.7 Å². The molecule has 3 N–H and O–H groups in total.